The Morgan fingerprint density at radius 3 is 2.48 bits per heavy atom. The van der Waals surface area contributed by atoms with Crippen LogP contribution in [0.4, 0.5) is 5.69 Å². The summed E-state index contributed by atoms with van der Waals surface area (Å²) >= 11 is 6.31. The molecule has 0 unspecified atom stereocenters. The molecule has 134 valence electrons. The van der Waals surface area contributed by atoms with Crippen molar-refractivity contribution in [3.05, 3.63) is 94.0 Å². The fourth-order valence-corrected chi connectivity index (χ4v) is 3.58. The minimum Gasteiger partial charge on any atom is -0.497 e. The Labute approximate surface area is 163 Å². The summed E-state index contributed by atoms with van der Waals surface area (Å²) in [6.45, 7) is 0. The highest BCUT2D eigenvalue weighted by molar-refractivity contribution is 6.31. The van der Waals surface area contributed by atoms with Gasteiger partial charge in [0.2, 0.25) is 0 Å². The van der Waals surface area contributed by atoms with Crippen molar-refractivity contribution in [3.8, 4) is 5.75 Å². The molecule has 0 atom stereocenters. The number of benzene rings is 3. The quantitative estimate of drug-likeness (QED) is 0.589. The number of carbonyl (C=O) groups excluding carboxylic acids is 1. The van der Waals surface area contributed by atoms with E-state index in [0.29, 0.717) is 10.6 Å². The zero-order chi connectivity index (χ0) is 19.0. The van der Waals surface area contributed by atoms with Gasteiger partial charge in [-0.15, -0.1) is 0 Å². The Bertz CT molecular complexity index is 1070. The number of fused-ring (bicyclic) bond motifs is 2. The monoisotopic (exact) mass is 375 g/mol. The molecule has 3 aromatic rings. The van der Waals surface area contributed by atoms with Crippen LogP contribution >= 0.6 is 11.6 Å². The molecule has 3 aromatic carbocycles. The lowest BCUT2D eigenvalue weighted by molar-refractivity contribution is 0.0993. The second kappa shape index (κ2) is 6.93. The number of amides is 1. The van der Waals surface area contributed by atoms with E-state index in [4.69, 9.17) is 16.3 Å². The number of hydrogen-bond acceptors (Lipinski definition) is 2. The third-order valence-corrected chi connectivity index (χ3v) is 5.00. The van der Waals surface area contributed by atoms with E-state index in [1.165, 1.54) is 0 Å². The molecule has 1 heterocycles. The van der Waals surface area contributed by atoms with Crippen LogP contribution in [0.2, 0.25) is 5.02 Å². The second-order valence-electron chi connectivity index (χ2n) is 6.41. The molecule has 3 nitrogen and oxygen atoms in total. The van der Waals surface area contributed by atoms with Crippen molar-refractivity contribution < 1.29 is 9.53 Å². The van der Waals surface area contributed by atoms with Crippen LogP contribution in [0.1, 0.15) is 27.0 Å². The average Bonchev–Trinajstić information content (AvgIpc) is 2.78. The molecule has 1 amide bonds. The first-order valence-corrected chi connectivity index (χ1v) is 8.99. The van der Waals surface area contributed by atoms with Gasteiger partial charge in [-0.3, -0.25) is 4.79 Å². The van der Waals surface area contributed by atoms with E-state index in [0.717, 1.165) is 33.7 Å². The lowest BCUT2D eigenvalue weighted by atomic mass is 9.92. The fourth-order valence-electron chi connectivity index (χ4n) is 3.41. The predicted molar refractivity (Wildman–Crippen MR) is 111 cm³/mol. The van der Waals surface area contributed by atoms with Gasteiger partial charge in [-0.1, -0.05) is 41.9 Å². The molecule has 0 aliphatic carbocycles. The first-order chi connectivity index (χ1) is 13.1. The van der Waals surface area contributed by atoms with E-state index >= 15 is 0 Å². The molecule has 0 saturated heterocycles. The lowest BCUT2D eigenvalue weighted by Crippen LogP contribution is -2.26. The maximum absolute atomic E-state index is 13.0. The topological polar surface area (TPSA) is 29.5 Å². The normalized spacial score (nSPS) is 14.6. The minimum atomic E-state index is -0.0387. The van der Waals surface area contributed by atoms with Gasteiger partial charge in [0, 0.05) is 23.2 Å². The standard InChI is InChI=1S/C23H18ClNO2/c1-25-22-11-10-16(24)14-21(22)20(13-15-6-5-7-17(12-15)27-2)18-8-3-4-9-19(18)23(25)26/h3-14H,1-2H3. The van der Waals surface area contributed by atoms with E-state index in [9.17, 15) is 4.79 Å². The summed E-state index contributed by atoms with van der Waals surface area (Å²) in [7, 11) is 3.44. The van der Waals surface area contributed by atoms with Crippen LogP contribution < -0.4 is 9.64 Å². The fraction of sp³-hybridized carbons (Fsp3) is 0.0870. The summed E-state index contributed by atoms with van der Waals surface area (Å²) in [6.07, 6.45) is 2.07. The summed E-state index contributed by atoms with van der Waals surface area (Å²) in [5, 5.41) is 0.630. The maximum Gasteiger partial charge on any atom is 0.258 e. The number of carbonyl (C=O) groups is 1. The van der Waals surface area contributed by atoms with Crippen LogP contribution in [0.3, 0.4) is 0 Å². The van der Waals surface area contributed by atoms with Gasteiger partial charge in [0.1, 0.15) is 5.75 Å². The summed E-state index contributed by atoms with van der Waals surface area (Å²) in [5.74, 6) is 0.744. The van der Waals surface area contributed by atoms with Crippen LogP contribution in [0.25, 0.3) is 11.6 Å². The van der Waals surface area contributed by atoms with E-state index in [2.05, 4.69) is 6.08 Å². The molecule has 0 fully saturated rings. The van der Waals surface area contributed by atoms with Crippen LogP contribution in [0.5, 0.6) is 5.75 Å². The van der Waals surface area contributed by atoms with Gasteiger partial charge in [0.05, 0.1) is 12.8 Å². The number of ether oxygens (including phenoxy) is 1. The largest absolute Gasteiger partial charge is 0.497 e. The van der Waals surface area contributed by atoms with Gasteiger partial charge in [-0.25, -0.2) is 0 Å². The molecular formula is C23H18ClNO2. The first-order valence-electron chi connectivity index (χ1n) is 8.61. The Kier molecular flexibility index (Phi) is 4.46. The minimum absolute atomic E-state index is 0.0387. The predicted octanol–water partition coefficient (Wildman–Crippen LogP) is 5.53. The van der Waals surface area contributed by atoms with E-state index < -0.39 is 0 Å². The molecule has 4 heteroatoms. The van der Waals surface area contributed by atoms with Gasteiger partial charge < -0.3 is 9.64 Å². The summed E-state index contributed by atoms with van der Waals surface area (Å²) in [6, 6.07) is 21.1. The molecule has 4 rings (SSSR count). The summed E-state index contributed by atoms with van der Waals surface area (Å²) in [4.78, 5) is 14.7. The molecule has 0 N–H and O–H groups in total. The third-order valence-electron chi connectivity index (χ3n) is 4.77. The van der Waals surface area contributed by atoms with Crippen molar-refractivity contribution in [1.29, 1.82) is 0 Å². The second-order valence-corrected chi connectivity index (χ2v) is 6.84. The highest BCUT2D eigenvalue weighted by Crippen LogP contribution is 2.40. The number of hydrogen-bond donors (Lipinski definition) is 0. The molecule has 27 heavy (non-hydrogen) atoms. The Balaban J connectivity index is 2.03. The number of anilines is 1. The van der Waals surface area contributed by atoms with Crippen molar-refractivity contribution in [3.63, 3.8) is 0 Å². The number of rotatable bonds is 2. The number of halogens is 1. The van der Waals surface area contributed by atoms with Gasteiger partial charge in [-0.05, 0) is 59.2 Å². The Morgan fingerprint density at radius 1 is 0.926 bits per heavy atom. The zero-order valence-corrected chi connectivity index (χ0v) is 15.8. The molecular weight excluding hydrogens is 358 g/mol. The Hall–Kier alpha value is -3.04. The van der Waals surface area contributed by atoms with Crippen LogP contribution in [0, 0.1) is 0 Å². The van der Waals surface area contributed by atoms with Crippen molar-refractivity contribution in [2.24, 2.45) is 0 Å². The highest BCUT2D eigenvalue weighted by atomic mass is 35.5. The van der Waals surface area contributed by atoms with Crippen LogP contribution in [-0.4, -0.2) is 20.1 Å². The summed E-state index contributed by atoms with van der Waals surface area (Å²) < 4.78 is 5.35. The van der Waals surface area contributed by atoms with Crippen molar-refractivity contribution >= 4 is 34.8 Å². The molecule has 1 aliphatic heterocycles. The highest BCUT2D eigenvalue weighted by Gasteiger charge is 2.27. The van der Waals surface area contributed by atoms with E-state index in [-0.39, 0.29) is 5.91 Å². The molecule has 0 saturated carbocycles. The zero-order valence-electron chi connectivity index (χ0n) is 15.1. The number of nitrogens with zero attached hydrogens (tertiary/aromatic N) is 1. The van der Waals surface area contributed by atoms with E-state index in [1.807, 2.05) is 66.7 Å². The molecule has 0 spiro atoms. The third kappa shape index (κ3) is 3.11. The summed E-state index contributed by atoms with van der Waals surface area (Å²) in [5.41, 5.74) is 5.25. The van der Waals surface area contributed by atoms with Gasteiger partial charge in [0.15, 0.2) is 0 Å². The van der Waals surface area contributed by atoms with Gasteiger partial charge >= 0.3 is 0 Å². The molecule has 1 aliphatic rings. The Morgan fingerprint density at radius 2 is 1.70 bits per heavy atom. The van der Waals surface area contributed by atoms with Crippen molar-refractivity contribution in [2.45, 2.75) is 0 Å². The molecule has 0 aromatic heterocycles. The average molecular weight is 376 g/mol. The van der Waals surface area contributed by atoms with E-state index in [1.54, 1.807) is 19.1 Å². The van der Waals surface area contributed by atoms with Crippen LogP contribution in [-0.2, 0) is 0 Å². The SMILES string of the molecule is COc1cccc(C=C2c3ccccc3C(=O)N(C)c3ccc(Cl)cc32)c1. The van der Waals surface area contributed by atoms with Crippen molar-refractivity contribution in [1.82, 2.24) is 0 Å². The van der Waals surface area contributed by atoms with Crippen molar-refractivity contribution in [2.75, 3.05) is 19.1 Å². The molecule has 0 radical (unpaired) electrons. The smallest absolute Gasteiger partial charge is 0.258 e. The van der Waals surface area contributed by atoms with Gasteiger partial charge in [-0.2, -0.15) is 0 Å². The number of methoxy groups -OCH3 is 1. The first kappa shape index (κ1) is 17.4. The van der Waals surface area contributed by atoms with Gasteiger partial charge in [0.25, 0.3) is 5.91 Å². The molecule has 0 bridgehead atoms. The van der Waals surface area contributed by atoms with Crippen LogP contribution in [0.15, 0.2) is 66.7 Å². The maximum atomic E-state index is 13.0. The lowest BCUT2D eigenvalue weighted by Gasteiger charge is -2.18.